The van der Waals surface area contributed by atoms with Crippen LogP contribution in [0.3, 0.4) is 0 Å². The summed E-state index contributed by atoms with van der Waals surface area (Å²) in [6, 6.07) is 3.42. The summed E-state index contributed by atoms with van der Waals surface area (Å²) in [5.74, 6) is -1.19. The van der Waals surface area contributed by atoms with Gasteiger partial charge in [-0.25, -0.2) is 17.9 Å². The largest absolute Gasteiger partial charge is 0.478 e. The molecule has 0 aromatic heterocycles. The Morgan fingerprint density at radius 2 is 2.00 bits per heavy atom. The van der Waals surface area contributed by atoms with Gasteiger partial charge in [-0.3, -0.25) is 0 Å². The predicted molar refractivity (Wildman–Crippen MR) is 81.7 cm³/mol. The average Bonchev–Trinajstić information content (AvgIpc) is 2.41. The summed E-state index contributed by atoms with van der Waals surface area (Å²) in [6.07, 6.45) is 3.42. The maximum atomic E-state index is 12.4. The number of carboxylic acids is 1. The highest BCUT2D eigenvalue weighted by molar-refractivity contribution is 9.10. The molecule has 1 fully saturated rings. The van der Waals surface area contributed by atoms with Crippen LogP contribution in [0, 0.1) is 0 Å². The molecule has 1 aromatic rings. The first-order valence-electron chi connectivity index (χ1n) is 6.62. The van der Waals surface area contributed by atoms with E-state index in [0.29, 0.717) is 10.9 Å². The van der Waals surface area contributed by atoms with Gasteiger partial charge in [-0.15, -0.1) is 0 Å². The van der Waals surface area contributed by atoms with E-state index in [9.17, 15) is 13.2 Å². The van der Waals surface area contributed by atoms with Crippen LogP contribution in [0.4, 0.5) is 0 Å². The molecule has 1 aromatic carbocycles. The molecule has 2 rings (SSSR count). The van der Waals surface area contributed by atoms with Gasteiger partial charge in [0.15, 0.2) is 0 Å². The Morgan fingerprint density at radius 1 is 1.33 bits per heavy atom. The summed E-state index contributed by atoms with van der Waals surface area (Å²) in [4.78, 5) is 11.0. The van der Waals surface area contributed by atoms with Crippen LogP contribution in [0.2, 0.25) is 0 Å². The molecule has 0 spiro atoms. The summed E-state index contributed by atoms with van der Waals surface area (Å²) in [5, 5.41) is 9.05. The summed E-state index contributed by atoms with van der Waals surface area (Å²) < 4.78 is 27.6. The quantitative estimate of drug-likeness (QED) is 0.740. The van der Waals surface area contributed by atoms with Crippen molar-refractivity contribution in [3.8, 4) is 0 Å². The average molecular weight is 377 g/mol. The highest BCUT2D eigenvalue weighted by Gasteiger charge is 2.27. The van der Waals surface area contributed by atoms with Crippen molar-refractivity contribution in [2.24, 2.45) is 5.73 Å². The van der Waals surface area contributed by atoms with Crippen molar-refractivity contribution in [2.45, 2.75) is 42.7 Å². The molecule has 8 heteroatoms. The van der Waals surface area contributed by atoms with Crippen LogP contribution in [0.25, 0.3) is 0 Å². The Hall–Kier alpha value is -0.960. The van der Waals surface area contributed by atoms with E-state index >= 15 is 0 Å². The minimum Gasteiger partial charge on any atom is -0.478 e. The molecule has 6 nitrogen and oxygen atoms in total. The molecule has 4 N–H and O–H groups in total. The van der Waals surface area contributed by atoms with E-state index in [0.717, 1.165) is 25.3 Å². The maximum absolute atomic E-state index is 12.4. The number of rotatable bonds is 4. The van der Waals surface area contributed by atoms with Crippen LogP contribution in [0.5, 0.6) is 0 Å². The van der Waals surface area contributed by atoms with Gasteiger partial charge in [0, 0.05) is 16.6 Å². The van der Waals surface area contributed by atoms with E-state index in [1.165, 1.54) is 12.1 Å². The number of aromatic carboxylic acids is 1. The van der Waals surface area contributed by atoms with Crippen LogP contribution < -0.4 is 10.5 Å². The number of sulfonamides is 1. The molecule has 2 atom stereocenters. The molecular weight excluding hydrogens is 360 g/mol. The summed E-state index contributed by atoms with van der Waals surface area (Å²) in [5.41, 5.74) is 5.85. The van der Waals surface area contributed by atoms with Crippen molar-refractivity contribution in [1.82, 2.24) is 4.72 Å². The molecule has 0 bridgehead atoms. The van der Waals surface area contributed by atoms with Gasteiger partial charge in [-0.2, -0.15) is 0 Å². The van der Waals surface area contributed by atoms with Gasteiger partial charge in [-0.05, 0) is 47.0 Å². The fraction of sp³-hybridized carbons (Fsp3) is 0.462. The zero-order valence-corrected chi connectivity index (χ0v) is 13.7. The van der Waals surface area contributed by atoms with Gasteiger partial charge in [0.2, 0.25) is 10.0 Å². The molecule has 116 valence electrons. The standard InChI is InChI=1S/C13H17BrN2O4S/c14-10-6-5-8(7-9(10)13(17)18)21(19,20)16-12-4-2-1-3-11(12)15/h5-7,11-12,16H,1-4,15H2,(H,17,18). The van der Waals surface area contributed by atoms with Crippen LogP contribution >= 0.6 is 15.9 Å². The Balaban J connectivity index is 2.27. The monoisotopic (exact) mass is 376 g/mol. The second-order valence-corrected chi connectivity index (χ2v) is 7.69. The maximum Gasteiger partial charge on any atom is 0.336 e. The zero-order valence-electron chi connectivity index (χ0n) is 11.3. The third-order valence-electron chi connectivity index (χ3n) is 3.60. The molecule has 0 aliphatic heterocycles. The molecule has 0 saturated heterocycles. The number of carbonyl (C=O) groups is 1. The molecule has 0 heterocycles. The summed E-state index contributed by atoms with van der Waals surface area (Å²) in [7, 11) is -3.78. The van der Waals surface area contributed by atoms with E-state index in [4.69, 9.17) is 10.8 Å². The molecular formula is C13H17BrN2O4S. The van der Waals surface area contributed by atoms with E-state index in [-0.39, 0.29) is 22.5 Å². The number of nitrogens with two attached hydrogens (primary N) is 1. The van der Waals surface area contributed by atoms with Gasteiger partial charge in [0.05, 0.1) is 10.5 Å². The SMILES string of the molecule is NC1CCCCC1NS(=O)(=O)c1ccc(Br)c(C(=O)O)c1. The first kappa shape index (κ1) is 16.4. The molecule has 1 saturated carbocycles. The van der Waals surface area contributed by atoms with E-state index in [1.807, 2.05) is 0 Å². The molecule has 21 heavy (non-hydrogen) atoms. The molecule has 2 unspecified atom stereocenters. The van der Waals surface area contributed by atoms with Gasteiger partial charge < -0.3 is 10.8 Å². The molecule has 0 radical (unpaired) electrons. The zero-order chi connectivity index (χ0) is 15.6. The van der Waals surface area contributed by atoms with Crippen LogP contribution in [0.1, 0.15) is 36.0 Å². The van der Waals surface area contributed by atoms with Gasteiger partial charge in [-0.1, -0.05) is 12.8 Å². The Kier molecular flexibility index (Phi) is 5.03. The minimum atomic E-state index is -3.78. The Bertz CT molecular complexity index is 648. The van der Waals surface area contributed by atoms with Crippen molar-refractivity contribution in [2.75, 3.05) is 0 Å². The number of hydrogen-bond donors (Lipinski definition) is 3. The lowest BCUT2D eigenvalue weighted by Crippen LogP contribution is -2.49. The summed E-state index contributed by atoms with van der Waals surface area (Å²) in [6.45, 7) is 0. The third-order valence-corrected chi connectivity index (χ3v) is 5.78. The smallest absolute Gasteiger partial charge is 0.336 e. The normalized spacial score (nSPS) is 23.0. The van der Waals surface area contributed by atoms with Crippen molar-refractivity contribution in [1.29, 1.82) is 0 Å². The van der Waals surface area contributed by atoms with Gasteiger partial charge >= 0.3 is 5.97 Å². The van der Waals surface area contributed by atoms with Crippen LogP contribution in [-0.4, -0.2) is 31.6 Å². The number of halogens is 1. The van der Waals surface area contributed by atoms with E-state index < -0.39 is 16.0 Å². The van der Waals surface area contributed by atoms with Crippen LogP contribution in [-0.2, 0) is 10.0 Å². The fourth-order valence-corrected chi connectivity index (χ4v) is 4.17. The van der Waals surface area contributed by atoms with Gasteiger partial charge in [0.1, 0.15) is 0 Å². The first-order valence-corrected chi connectivity index (χ1v) is 8.89. The molecule has 1 aliphatic rings. The lowest BCUT2D eigenvalue weighted by atomic mass is 9.92. The van der Waals surface area contributed by atoms with Crippen molar-refractivity contribution in [3.05, 3.63) is 28.2 Å². The Labute approximate surface area is 131 Å². The van der Waals surface area contributed by atoms with E-state index in [1.54, 1.807) is 0 Å². The topological polar surface area (TPSA) is 109 Å². The fourth-order valence-electron chi connectivity index (χ4n) is 2.41. The Morgan fingerprint density at radius 3 is 2.62 bits per heavy atom. The molecule has 1 aliphatic carbocycles. The minimum absolute atomic E-state index is 0.0686. The number of hydrogen-bond acceptors (Lipinski definition) is 4. The van der Waals surface area contributed by atoms with Crippen molar-refractivity contribution in [3.63, 3.8) is 0 Å². The van der Waals surface area contributed by atoms with Crippen molar-refractivity contribution < 1.29 is 18.3 Å². The third kappa shape index (κ3) is 3.82. The highest BCUT2D eigenvalue weighted by Crippen LogP contribution is 2.23. The molecule has 0 amide bonds. The second kappa shape index (κ2) is 6.43. The van der Waals surface area contributed by atoms with Gasteiger partial charge in [0.25, 0.3) is 0 Å². The number of carboxylic acid groups (broad SMARTS) is 1. The predicted octanol–water partition coefficient (Wildman–Crippen LogP) is 1.70. The number of nitrogens with one attached hydrogen (secondary N) is 1. The lowest BCUT2D eigenvalue weighted by Gasteiger charge is -2.29. The second-order valence-electron chi connectivity index (χ2n) is 5.12. The highest BCUT2D eigenvalue weighted by atomic mass is 79.9. The lowest BCUT2D eigenvalue weighted by molar-refractivity contribution is 0.0695. The number of benzene rings is 1. The van der Waals surface area contributed by atoms with Crippen molar-refractivity contribution >= 4 is 31.9 Å². The first-order chi connectivity index (χ1) is 9.81. The summed E-state index contributed by atoms with van der Waals surface area (Å²) >= 11 is 3.09. The van der Waals surface area contributed by atoms with Crippen LogP contribution in [0.15, 0.2) is 27.6 Å². The van der Waals surface area contributed by atoms with E-state index in [2.05, 4.69) is 20.7 Å².